The SMILES string of the molecule is N#Cc1ccccc1-c1ccc2sc3cc4c(cc3c2c1)sc1ccc(-c2cccc(C#N)c2-n2c3ccccc3c3ccccc32)cc14. The van der Waals surface area contributed by atoms with Crippen LogP contribution >= 0.6 is 22.7 Å². The van der Waals surface area contributed by atoms with Gasteiger partial charge in [-0.15, -0.1) is 22.7 Å². The fourth-order valence-corrected chi connectivity index (χ4v) is 9.70. The van der Waals surface area contributed by atoms with Crippen molar-refractivity contribution in [3.63, 3.8) is 0 Å². The predicted octanol–water partition coefficient (Wildman–Crippen LogP) is 12.6. The van der Waals surface area contributed by atoms with Gasteiger partial charge in [-0.05, 0) is 77.4 Å². The first-order valence-corrected chi connectivity index (χ1v) is 17.7. The van der Waals surface area contributed by atoms with E-state index in [1.807, 2.05) is 59.1 Å². The van der Waals surface area contributed by atoms with E-state index in [1.165, 1.54) is 51.1 Å². The highest BCUT2D eigenvalue weighted by molar-refractivity contribution is 7.27. The van der Waals surface area contributed by atoms with Crippen LogP contribution in [0.3, 0.4) is 0 Å². The molecule has 49 heavy (non-hydrogen) atoms. The smallest absolute Gasteiger partial charge is 0.101 e. The van der Waals surface area contributed by atoms with Crippen molar-refractivity contribution in [1.82, 2.24) is 4.57 Å². The molecular formula is C44H23N3S2. The van der Waals surface area contributed by atoms with Crippen LogP contribution in [-0.2, 0) is 0 Å². The van der Waals surface area contributed by atoms with E-state index in [2.05, 4.69) is 120 Å². The van der Waals surface area contributed by atoms with E-state index in [0.717, 1.165) is 39.0 Å². The second-order valence-corrected chi connectivity index (χ2v) is 14.5. The van der Waals surface area contributed by atoms with Crippen molar-refractivity contribution in [2.24, 2.45) is 0 Å². The van der Waals surface area contributed by atoms with Gasteiger partial charge < -0.3 is 4.57 Å². The third-order valence-electron chi connectivity index (χ3n) is 9.69. The molecule has 10 aromatic rings. The first kappa shape index (κ1) is 27.8. The molecule has 3 nitrogen and oxygen atoms in total. The monoisotopic (exact) mass is 657 g/mol. The van der Waals surface area contributed by atoms with Gasteiger partial charge in [0.25, 0.3) is 0 Å². The van der Waals surface area contributed by atoms with Crippen LogP contribution in [0.25, 0.3) is 90.1 Å². The summed E-state index contributed by atoms with van der Waals surface area (Å²) in [4.78, 5) is 0. The summed E-state index contributed by atoms with van der Waals surface area (Å²) in [7, 11) is 0. The number of para-hydroxylation sites is 3. The van der Waals surface area contributed by atoms with Crippen LogP contribution in [-0.4, -0.2) is 4.57 Å². The first-order valence-electron chi connectivity index (χ1n) is 16.0. The van der Waals surface area contributed by atoms with E-state index in [9.17, 15) is 10.5 Å². The molecule has 0 aliphatic heterocycles. The number of nitriles is 2. The molecule has 0 fully saturated rings. The van der Waals surface area contributed by atoms with E-state index >= 15 is 0 Å². The Kier molecular flexibility index (Phi) is 6.04. The molecule has 0 aliphatic rings. The summed E-state index contributed by atoms with van der Waals surface area (Å²) >= 11 is 3.63. The van der Waals surface area contributed by atoms with Crippen molar-refractivity contribution in [2.45, 2.75) is 0 Å². The third kappa shape index (κ3) is 4.11. The van der Waals surface area contributed by atoms with Crippen molar-refractivity contribution in [2.75, 3.05) is 0 Å². The minimum absolute atomic E-state index is 0.642. The maximum atomic E-state index is 10.4. The molecule has 0 spiro atoms. The number of hydrogen-bond acceptors (Lipinski definition) is 4. The molecule has 0 unspecified atom stereocenters. The Morgan fingerprint density at radius 2 is 0.898 bits per heavy atom. The molecule has 0 N–H and O–H groups in total. The summed E-state index contributed by atoms with van der Waals surface area (Å²) in [5.41, 5.74) is 8.53. The van der Waals surface area contributed by atoms with E-state index in [0.29, 0.717) is 11.1 Å². The second-order valence-electron chi connectivity index (χ2n) is 12.3. The zero-order valence-electron chi connectivity index (χ0n) is 25.9. The highest BCUT2D eigenvalue weighted by Gasteiger charge is 2.20. The summed E-state index contributed by atoms with van der Waals surface area (Å²) in [6.07, 6.45) is 0. The molecular weight excluding hydrogens is 635 g/mol. The van der Waals surface area contributed by atoms with Crippen LogP contribution in [0.15, 0.2) is 140 Å². The van der Waals surface area contributed by atoms with Crippen LogP contribution in [0.2, 0.25) is 0 Å². The van der Waals surface area contributed by atoms with Crippen LogP contribution in [0, 0.1) is 22.7 Å². The summed E-state index contributed by atoms with van der Waals surface area (Å²) in [6.45, 7) is 0. The predicted molar refractivity (Wildman–Crippen MR) is 207 cm³/mol. The highest BCUT2D eigenvalue weighted by atomic mass is 32.1. The Morgan fingerprint density at radius 3 is 1.51 bits per heavy atom. The van der Waals surface area contributed by atoms with Crippen molar-refractivity contribution >= 4 is 84.8 Å². The number of thiophene rings is 2. The normalized spacial score (nSPS) is 11.6. The standard InChI is InChI=1S/C44H23N3S2/c45-24-28-8-1-2-10-30(28)26-16-18-40-34(20-26)36-22-43-37(23-42(36)48-40)35-21-27(17-19-41(35)49-43)31-13-7-9-29(25-46)44(31)47-38-14-5-3-11-32(38)33-12-4-6-15-39(33)47/h1-23H. The summed E-state index contributed by atoms with van der Waals surface area (Å²) in [5, 5.41) is 27.4. The van der Waals surface area contributed by atoms with Gasteiger partial charge in [-0.25, -0.2) is 0 Å². The molecule has 3 heterocycles. The minimum Gasteiger partial charge on any atom is -0.307 e. The van der Waals surface area contributed by atoms with Crippen molar-refractivity contribution in [3.8, 4) is 40.1 Å². The van der Waals surface area contributed by atoms with Crippen molar-refractivity contribution in [3.05, 3.63) is 151 Å². The zero-order valence-corrected chi connectivity index (χ0v) is 27.6. The molecule has 7 aromatic carbocycles. The molecule has 226 valence electrons. The molecule has 5 heteroatoms. The molecule has 0 amide bonds. The largest absolute Gasteiger partial charge is 0.307 e. The van der Waals surface area contributed by atoms with Crippen LogP contribution in [0.4, 0.5) is 0 Å². The van der Waals surface area contributed by atoms with E-state index in [-0.39, 0.29) is 0 Å². The number of fused-ring (bicyclic) bond motifs is 9. The molecule has 0 radical (unpaired) electrons. The maximum Gasteiger partial charge on any atom is 0.101 e. The lowest BCUT2D eigenvalue weighted by Crippen LogP contribution is -2.00. The maximum absolute atomic E-state index is 10.4. The molecule has 0 bridgehead atoms. The molecule has 3 aromatic heterocycles. The molecule has 10 rings (SSSR count). The van der Waals surface area contributed by atoms with E-state index in [1.54, 1.807) is 0 Å². The molecule has 0 atom stereocenters. The average Bonchev–Trinajstić information content (AvgIpc) is 3.81. The fourth-order valence-electron chi connectivity index (χ4n) is 7.48. The fraction of sp³-hybridized carbons (Fsp3) is 0. The lowest BCUT2D eigenvalue weighted by atomic mass is 9.97. The topological polar surface area (TPSA) is 52.5 Å². The van der Waals surface area contributed by atoms with Crippen molar-refractivity contribution in [1.29, 1.82) is 10.5 Å². The van der Waals surface area contributed by atoms with Gasteiger partial charge >= 0.3 is 0 Å². The Bertz CT molecular complexity index is 3030. The van der Waals surface area contributed by atoms with Gasteiger partial charge in [0.1, 0.15) is 6.07 Å². The number of benzene rings is 7. The number of rotatable bonds is 3. The van der Waals surface area contributed by atoms with Gasteiger partial charge in [-0.1, -0.05) is 78.9 Å². The Hall–Kier alpha value is -6.24. The molecule has 0 saturated heterocycles. The third-order valence-corrected chi connectivity index (χ3v) is 12.0. The van der Waals surface area contributed by atoms with Gasteiger partial charge in [0.2, 0.25) is 0 Å². The summed E-state index contributed by atoms with van der Waals surface area (Å²) in [5.74, 6) is 0. The van der Waals surface area contributed by atoms with Crippen LogP contribution < -0.4 is 0 Å². The Morgan fingerprint density at radius 1 is 0.408 bits per heavy atom. The van der Waals surface area contributed by atoms with Gasteiger partial charge in [0, 0.05) is 56.7 Å². The van der Waals surface area contributed by atoms with E-state index < -0.39 is 0 Å². The van der Waals surface area contributed by atoms with Gasteiger partial charge in [-0.3, -0.25) is 0 Å². The number of nitrogens with zero attached hydrogens (tertiary/aromatic N) is 3. The Labute approximate surface area is 289 Å². The number of hydrogen-bond donors (Lipinski definition) is 0. The highest BCUT2D eigenvalue weighted by Crippen LogP contribution is 2.45. The summed E-state index contributed by atoms with van der Waals surface area (Å²) < 4.78 is 7.23. The quantitative estimate of drug-likeness (QED) is 0.190. The van der Waals surface area contributed by atoms with Gasteiger partial charge in [0.15, 0.2) is 0 Å². The Balaban J connectivity index is 1.18. The van der Waals surface area contributed by atoms with Gasteiger partial charge in [0.05, 0.1) is 33.9 Å². The lowest BCUT2D eigenvalue weighted by Gasteiger charge is -2.16. The molecule has 0 saturated carbocycles. The zero-order chi connectivity index (χ0) is 32.6. The first-order chi connectivity index (χ1) is 24.2. The van der Waals surface area contributed by atoms with Crippen LogP contribution in [0.5, 0.6) is 0 Å². The average molecular weight is 658 g/mol. The minimum atomic E-state index is 0.642. The van der Waals surface area contributed by atoms with Gasteiger partial charge in [-0.2, -0.15) is 10.5 Å². The summed E-state index contributed by atoms with van der Waals surface area (Å²) in [6, 6.07) is 53.6. The second kappa shape index (κ2) is 10.6. The lowest BCUT2D eigenvalue weighted by molar-refractivity contribution is 1.17. The van der Waals surface area contributed by atoms with E-state index in [4.69, 9.17) is 0 Å². The van der Waals surface area contributed by atoms with Crippen LogP contribution in [0.1, 0.15) is 11.1 Å². The molecule has 0 aliphatic carbocycles. The van der Waals surface area contributed by atoms with Crippen molar-refractivity contribution < 1.29 is 0 Å². The number of aromatic nitrogens is 1.